The Morgan fingerprint density at radius 2 is 1.64 bits per heavy atom. The molecule has 0 atom stereocenters. The number of anilines is 1. The number of hydrogen-bond donors (Lipinski definition) is 0. The lowest BCUT2D eigenvalue weighted by Crippen LogP contribution is -2.34. The van der Waals surface area contributed by atoms with E-state index in [1.54, 1.807) is 6.20 Å². The van der Waals surface area contributed by atoms with Crippen LogP contribution in [-0.4, -0.2) is 33.3 Å². The molecule has 0 unspecified atom stereocenters. The molecule has 0 bridgehead atoms. The molecule has 0 N–H and O–H groups in total. The Morgan fingerprint density at radius 1 is 0.857 bits per heavy atom. The van der Waals surface area contributed by atoms with Crippen LogP contribution in [0.15, 0.2) is 73.2 Å². The van der Waals surface area contributed by atoms with Crippen molar-refractivity contribution in [1.29, 1.82) is 0 Å². The molecule has 5 rings (SSSR count). The summed E-state index contributed by atoms with van der Waals surface area (Å²) < 4.78 is 0. The van der Waals surface area contributed by atoms with E-state index in [1.807, 2.05) is 12.4 Å². The van der Waals surface area contributed by atoms with Crippen LogP contribution < -0.4 is 4.90 Å². The number of benzene rings is 2. The smallest absolute Gasteiger partial charge is 0.245 e. The van der Waals surface area contributed by atoms with E-state index in [9.17, 15) is 0 Å². The van der Waals surface area contributed by atoms with Crippen LogP contribution in [0.3, 0.4) is 0 Å². The Morgan fingerprint density at radius 3 is 2.50 bits per heavy atom. The lowest BCUT2D eigenvalue weighted by atomic mass is 9.90. The number of piperidine rings is 1. The minimum absolute atomic E-state index is 0.577. The van der Waals surface area contributed by atoms with Crippen molar-refractivity contribution in [2.75, 3.05) is 18.0 Å². The second kappa shape index (κ2) is 7.35. The lowest BCUT2D eigenvalue weighted by molar-refractivity contribution is 0.497. The molecule has 2 aromatic carbocycles. The second-order valence-corrected chi connectivity index (χ2v) is 7.21. The monoisotopic (exact) mass is 367 g/mol. The van der Waals surface area contributed by atoms with Gasteiger partial charge in [0, 0.05) is 31.0 Å². The van der Waals surface area contributed by atoms with Crippen molar-refractivity contribution >= 4 is 16.7 Å². The van der Waals surface area contributed by atoms with Crippen LogP contribution in [0.1, 0.15) is 24.3 Å². The number of nitrogens with zero attached hydrogens (tertiary/aromatic N) is 5. The molecule has 1 fully saturated rings. The number of rotatable bonds is 3. The van der Waals surface area contributed by atoms with Crippen LogP contribution in [-0.2, 0) is 0 Å². The molecule has 4 aromatic rings. The fraction of sp³-hybridized carbons (Fsp3) is 0.217. The van der Waals surface area contributed by atoms with Crippen molar-refractivity contribution in [3.05, 3.63) is 78.8 Å². The van der Waals surface area contributed by atoms with Crippen LogP contribution in [0, 0.1) is 0 Å². The van der Waals surface area contributed by atoms with Gasteiger partial charge in [0.2, 0.25) is 5.95 Å². The average molecular weight is 367 g/mol. The molecule has 0 radical (unpaired) electrons. The standard InChI is InChI=1S/C23H21N5/c1-2-6-20-19(4-1)5-3-7-21(20)22-16-25-27-23(26-22)28-14-10-18(11-15-28)17-8-12-24-13-9-17/h1-9,12-13,16,18H,10-11,14-15H2. The molecule has 5 nitrogen and oxygen atoms in total. The van der Waals surface area contributed by atoms with E-state index in [2.05, 4.69) is 74.7 Å². The highest BCUT2D eigenvalue weighted by Gasteiger charge is 2.22. The van der Waals surface area contributed by atoms with Gasteiger partial charge in [0.05, 0.1) is 11.9 Å². The van der Waals surface area contributed by atoms with Crippen LogP contribution in [0.5, 0.6) is 0 Å². The third kappa shape index (κ3) is 3.20. The maximum absolute atomic E-state index is 4.86. The van der Waals surface area contributed by atoms with E-state index >= 15 is 0 Å². The highest BCUT2D eigenvalue weighted by Crippen LogP contribution is 2.30. The van der Waals surface area contributed by atoms with Gasteiger partial charge in [-0.2, -0.15) is 5.10 Å². The molecule has 2 aromatic heterocycles. The Balaban J connectivity index is 1.39. The summed E-state index contributed by atoms with van der Waals surface area (Å²) in [6, 6.07) is 18.9. The van der Waals surface area contributed by atoms with Crippen LogP contribution in [0.25, 0.3) is 22.0 Å². The zero-order chi connectivity index (χ0) is 18.8. The highest BCUT2D eigenvalue weighted by atomic mass is 15.3. The summed E-state index contributed by atoms with van der Waals surface area (Å²) in [5.41, 5.74) is 3.34. The van der Waals surface area contributed by atoms with Crippen LogP contribution in [0.2, 0.25) is 0 Å². The van der Waals surface area contributed by atoms with E-state index in [0.717, 1.165) is 43.1 Å². The summed E-state index contributed by atoms with van der Waals surface area (Å²) in [7, 11) is 0. The largest absolute Gasteiger partial charge is 0.339 e. The van der Waals surface area contributed by atoms with E-state index in [1.165, 1.54) is 16.3 Å². The quantitative estimate of drug-likeness (QED) is 0.535. The van der Waals surface area contributed by atoms with Gasteiger partial charge in [0.15, 0.2) is 0 Å². The van der Waals surface area contributed by atoms with Gasteiger partial charge >= 0.3 is 0 Å². The number of aromatic nitrogens is 4. The van der Waals surface area contributed by atoms with Crippen molar-refractivity contribution in [3.63, 3.8) is 0 Å². The van der Waals surface area contributed by atoms with Crippen molar-refractivity contribution in [2.45, 2.75) is 18.8 Å². The predicted molar refractivity (Wildman–Crippen MR) is 111 cm³/mol. The van der Waals surface area contributed by atoms with Gasteiger partial charge in [-0.05, 0) is 47.2 Å². The molecule has 138 valence electrons. The minimum Gasteiger partial charge on any atom is -0.339 e. The van der Waals surface area contributed by atoms with E-state index in [0.29, 0.717) is 5.92 Å². The average Bonchev–Trinajstić information content (AvgIpc) is 2.79. The first-order valence-corrected chi connectivity index (χ1v) is 9.71. The van der Waals surface area contributed by atoms with Gasteiger partial charge in [-0.15, -0.1) is 5.10 Å². The summed E-state index contributed by atoms with van der Waals surface area (Å²) in [6.07, 6.45) is 7.69. The summed E-state index contributed by atoms with van der Waals surface area (Å²) >= 11 is 0. The summed E-state index contributed by atoms with van der Waals surface area (Å²) in [5, 5.41) is 11.0. The van der Waals surface area contributed by atoms with Gasteiger partial charge in [0.1, 0.15) is 0 Å². The highest BCUT2D eigenvalue weighted by molar-refractivity contribution is 5.95. The fourth-order valence-electron chi connectivity index (χ4n) is 4.06. The molecule has 28 heavy (non-hydrogen) atoms. The third-order valence-corrected chi connectivity index (χ3v) is 5.57. The minimum atomic E-state index is 0.577. The van der Waals surface area contributed by atoms with Gasteiger partial charge < -0.3 is 4.90 Å². The first-order valence-electron chi connectivity index (χ1n) is 9.71. The van der Waals surface area contributed by atoms with E-state index < -0.39 is 0 Å². The fourth-order valence-corrected chi connectivity index (χ4v) is 4.06. The van der Waals surface area contributed by atoms with Crippen molar-refractivity contribution in [1.82, 2.24) is 20.2 Å². The van der Waals surface area contributed by atoms with Gasteiger partial charge in [-0.25, -0.2) is 4.98 Å². The molecule has 1 aliphatic rings. The van der Waals surface area contributed by atoms with Gasteiger partial charge in [0.25, 0.3) is 0 Å². The first kappa shape index (κ1) is 16.8. The normalized spacial score (nSPS) is 15.1. The van der Waals surface area contributed by atoms with E-state index in [4.69, 9.17) is 4.98 Å². The molecule has 0 amide bonds. The SMILES string of the molecule is c1ccc2c(-c3cnnc(N4CCC(c5ccncc5)CC4)n3)cccc2c1. The van der Waals surface area contributed by atoms with Crippen molar-refractivity contribution < 1.29 is 0 Å². The predicted octanol–water partition coefficient (Wildman–Crippen LogP) is 4.47. The molecular formula is C23H21N5. The Hall–Kier alpha value is -3.34. The zero-order valence-electron chi connectivity index (χ0n) is 15.6. The Kier molecular flexibility index (Phi) is 4.41. The third-order valence-electron chi connectivity index (χ3n) is 5.57. The number of hydrogen-bond acceptors (Lipinski definition) is 5. The molecule has 0 spiro atoms. The zero-order valence-corrected chi connectivity index (χ0v) is 15.6. The molecule has 5 heteroatoms. The Bertz CT molecular complexity index is 1080. The van der Waals surface area contributed by atoms with Gasteiger partial charge in [-0.3, -0.25) is 4.98 Å². The molecular weight excluding hydrogens is 346 g/mol. The maximum Gasteiger partial charge on any atom is 0.245 e. The number of pyridine rings is 1. The number of fused-ring (bicyclic) bond motifs is 1. The molecule has 1 aliphatic heterocycles. The maximum atomic E-state index is 4.86. The summed E-state index contributed by atoms with van der Waals surface area (Å²) in [4.78, 5) is 11.2. The molecule has 1 saturated heterocycles. The Labute approximate surface area is 164 Å². The molecule has 0 saturated carbocycles. The van der Waals surface area contributed by atoms with Crippen LogP contribution in [0.4, 0.5) is 5.95 Å². The van der Waals surface area contributed by atoms with Crippen LogP contribution >= 0.6 is 0 Å². The lowest BCUT2D eigenvalue weighted by Gasteiger charge is -2.32. The van der Waals surface area contributed by atoms with Crippen molar-refractivity contribution in [2.24, 2.45) is 0 Å². The second-order valence-electron chi connectivity index (χ2n) is 7.21. The van der Waals surface area contributed by atoms with E-state index in [-0.39, 0.29) is 0 Å². The van der Waals surface area contributed by atoms with Crippen molar-refractivity contribution in [3.8, 4) is 11.3 Å². The first-order chi connectivity index (χ1) is 13.9. The molecule has 0 aliphatic carbocycles. The summed E-state index contributed by atoms with van der Waals surface area (Å²) in [5.74, 6) is 1.30. The molecule has 3 heterocycles. The van der Waals surface area contributed by atoms with Gasteiger partial charge in [-0.1, -0.05) is 42.5 Å². The summed E-state index contributed by atoms with van der Waals surface area (Å²) in [6.45, 7) is 1.88. The topological polar surface area (TPSA) is 54.8 Å².